The number of hydrogen-bond donors (Lipinski definition) is 1. The minimum absolute atomic E-state index is 0.143. The van der Waals surface area contributed by atoms with Gasteiger partial charge in [0.05, 0.1) is 10.0 Å². The Morgan fingerprint density at radius 3 is 2.19 bits per heavy atom. The Morgan fingerprint density at radius 1 is 1.10 bits per heavy atom. The first kappa shape index (κ1) is 15.2. The quantitative estimate of drug-likeness (QED) is 0.919. The van der Waals surface area contributed by atoms with Gasteiger partial charge in [0.1, 0.15) is 5.82 Å². The van der Waals surface area contributed by atoms with Crippen LogP contribution >= 0.6 is 15.9 Å². The summed E-state index contributed by atoms with van der Waals surface area (Å²) in [7, 11) is 1.56. The first-order chi connectivity index (χ1) is 9.90. The Labute approximate surface area is 128 Å². The van der Waals surface area contributed by atoms with E-state index in [4.69, 9.17) is 5.11 Å². The summed E-state index contributed by atoms with van der Waals surface area (Å²) in [6.07, 6.45) is 0. The Morgan fingerprint density at radius 2 is 1.67 bits per heavy atom. The third-order valence-electron chi connectivity index (χ3n) is 2.97. The molecule has 1 N–H and O–H groups in total. The van der Waals surface area contributed by atoms with E-state index in [1.54, 1.807) is 19.2 Å². The molecule has 0 heterocycles. The molecule has 0 fully saturated rings. The van der Waals surface area contributed by atoms with Gasteiger partial charge in [-0.3, -0.25) is 4.79 Å². The standard InChI is InChI=1S/C15H11BrFNO3/c1-18(11-5-2-9(3-6-11)15(20)21)14(19)10-4-7-13(17)12(16)8-10/h2-8H,1H3,(H,20,21). The van der Waals surface area contributed by atoms with Crippen LogP contribution in [-0.2, 0) is 0 Å². The number of carbonyl (C=O) groups excluding carboxylic acids is 1. The molecule has 0 bridgehead atoms. The molecule has 0 atom stereocenters. The van der Waals surface area contributed by atoms with E-state index >= 15 is 0 Å². The third-order valence-corrected chi connectivity index (χ3v) is 3.58. The zero-order chi connectivity index (χ0) is 15.6. The van der Waals surface area contributed by atoms with Crippen LogP contribution in [0.4, 0.5) is 10.1 Å². The number of benzene rings is 2. The second-order valence-electron chi connectivity index (χ2n) is 4.35. The van der Waals surface area contributed by atoms with Crippen molar-refractivity contribution >= 4 is 33.5 Å². The van der Waals surface area contributed by atoms with Crippen LogP contribution in [0.1, 0.15) is 20.7 Å². The van der Waals surface area contributed by atoms with Gasteiger partial charge < -0.3 is 10.0 Å². The van der Waals surface area contributed by atoms with Gasteiger partial charge in [-0.05, 0) is 58.4 Å². The minimum Gasteiger partial charge on any atom is -0.478 e. The van der Waals surface area contributed by atoms with Crippen molar-refractivity contribution in [3.63, 3.8) is 0 Å². The summed E-state index contributed by atoms with van der Waals surface area (Å²) in [6.45, 7) is 0. The number of carboxylic acids is 1. The lowest BCUT2D eigenvalue weighted by Gasteiger charge is -2.17. The Kier molecular flexibility index (Phi) is 4.37. The lowest BCUT2D eigenvalue weighted by Crippen LogP contribution is -2.26. The average Bonchev–Trinajstić information content (AvgIpc) is 2.48. The van der Waals surface area contributed by atoms with Crippen LogP contribution in [-0.4, -0.2) is 24.0 Å². The highest BCUT2D eigenvalue weighted by molar-refractivity contribution is 9.10. The van der Waals surface area contributed by atoms with Gasteiger partial charge in [0.2, 0.25) is 0 Å². The molecule has 108 valence electrons. The molecule has 0 radical (unpaired) electrons. The van der Waals surface area contributed by atoms with Gasteiger partial charge in [-0.15, -0.1) is 0 Å². The summed E-state index contributed by atoms with van der Waals surface area (Å²) in [6, 6.07) is 9.92. The minimum atomic E-state index is -1.03. The van der Waals surface area contributed by atoms with Gasteiger partial charge in [-0.25, -0.2) is 9.18 Å². The number of aromatic carboxylic acids is 1. The monoisotopic (exact) mass is 351 g/mol. The lowest BCUT2D eigenvalue weighted by atomic mass is 10.1. The smallest absolute Gasteiger partial charge is 0.335 e. The first-order valence-corrected chi connectivity index (χ1v) is 6.76. The Bertz CT molecular complexity index is 701. The van der Waals surface area contributed by atoms with E-state index in [1.807, 2.05) is 0 Å². The fraction of sp³-hybridized carbons (Fsp3) is 0.0667. The molecule has 0 aromatic heterocycles. The molecular weight excluding hydrogens is 341 g/mol. The molecule has 6 heteroatoms. The van der Waals surface area contributed by atoms with E-state index in [1.165, 1.54) is 35.2 Å². The van der Waals surface area contributed by atoms with E-state index in [0.717, 1.165) is 0 Å². The maximum atomic E-state index is 13.2. The zero-order valence-electron chi connectivity index (χ0n) is 11.0. The predicted octanol–water partition coefficient (Wildman–Crippen LogP) is 3.56. The number of carbonyl (C=O) groups is 2. The van der Waals surface area contributed by atoms with Crippen LogP contribution in [0.25, 0.3) is 0 Å². The number of anilines is 1. The van der Waals surface area contributed by atoms with Crippen LogP contribution in [0.5, 0.6) is 0 Å². The predicted molar refractivity (Wildman–Crippen MR) is 80.2 cm³/mol. The average molecular weight is 352 g/mol. The number of nitrogens with zero attached hydrogens (tertiary/aromatic N) is 1. The number of hydrogen-bond acceptors (Lipinski definition) is 2. The molecule has 21 heavy (non-hydrogen) atoms. The largest absolute Gasteiger partial charge is 0.478 e. The molecule has 0 saturated carbocycles. The zero-order valence-corrected chi connectivity index (χ0v) is 12.6. The third kappa shape index (κ3) is 3.28. The van der Waals surface area contributed by atoms with Crippen LogP contribution in [0, 0.1) is 5.82 Å². The molecule has 0 spiro atoms. The van der Waals surface area contributed by atoms with Gasteiger partial charge >= 0.3 is 5.97 Å². The van der Waals surface area contributed by atoms with E-state index in [9.17, 15) is 14.0 Å². The molecule has 2 rings (SSSR count). The van der Waals surface area contributed by atoms with E-state index in [2.05, 4.69) is 15.9 Å². The molecule has 2 aromatic carbocycles. The van der Waals surface area contributed by atoms with Crippen molar-refractivity contribution in [2.24, 2.45) is 0 Å². The molecular formula is C15H11BrFNO3. The molecule has 0 aliphatic carbocycles. The number of rotatable bonds is 3. The summed E-state index contributed by atoms with van der Waals surface area (Å²) in [5.74, 6) is -1.79. The van der Waals surface area contributed by atoms with Crippen LogP contribution in [0.2, 0.25) is 0 Å². The molecule has 0 aliphatic heterocycles. The van der Waals surface area contributed by atoms with Crippen molar-refractivity contribution < 1.29 is 19.1 Å². The first-order valence-electron chi connectivity index (χ1n) is 5.96. The summed E-state index contributed by atoms with van der Waals surface area (Å²) >= 11 is 3.03. The Balaban J connectivity index is 2.25. The maximum Gasteiger partial charge on any atom is 0.335 e. The van der Waals surface area contributed by atoms with Crippen molar-refractivity contribution in [2.75, 3.05) is 11.9 Å². The molecule has 2 aromatic rings. The highest BCUT2D eigenvalue weighted by atomic mass is 79.9. The number of halogens is 2. The fourth-order valence-corrected chi connectivity index (χ4v) is 2.15. The number of carboxylic acid groups (broad SMARTS) is 1. The number of amides is 1. The molecule has 0 unspecified atom stereocenters. The second kappa shape index (κ2) is 6.05. The topological polar surface area (TPSA) is 57.6 Å². The molecule has 0 aliphatic rings. The van der Waals surface area contributed by atoms with Gasteiger partial charge in [0, 0.05) is 18.3 Å². The van der Waals surface area contributed by atoms with Crippen LogP contribution < -0.4 is 4.90 Å². The normalized spacial score (nSPS) is 10.2. The lowest BCUT2D eigenvalue weighted by molar-refractivity contribution is 0.0696. The summed E-state index contributed by atoms with van der Waals surface area (Å²) in [5.41, 5.74) is 1.02. The van der Waals surface area contributed by atoms with E-state index < -0.39 is 11.8 Å². The van der Waals surface area contributed by atoms with Crippen LogP contribution in [0.3, 0.4) is 0 Å². The van der Waals surface area contributed by atoms with Gasteiger partial charge in [-0.1, -0.05) is 0 Å². The van der Waals surface area contributed by atoms with Crippen molar-refractivity contribution in [3.8, 4) is 0 Å². The fourth-order valence-electron chi connectivity index (χ4n) is 1.77. The highest BCUT2D eigenvalue weighted by Crippen LogP contribution is 2.20. The Hall–Kier alpha value is -2.21. The summed E-state index contributed by atoms with van der Waals surface area (Å²) in [4.78, 5) is 24.4. The second-order valence-corrected chi connectivity index (χ2v) is 5.20. The molecule has 4 nitrogen and oxygen atoms in total. The van der Waals surface area contributed by atoms with E-state index in [-0.39, 0.29) is 15.9 Å². The van der Waals surface area contributed by atoms with Crippen molar-refractivity contribution in [1.82, 2.24) is 0 Å². The maximum absolute atomic E-state index is 13.2. The van der Waals surface area contributed by atoms with Crippen molar-refractivity contribution in [2.45, 2.75) is 0 Å². The van der Waals surface area contributed by atoms with Crippen molar-refractivity contribution in [1.29, 1.82) is 0 Å². The van der Waals surface area contributed by atoms with Gasteiger partial charge in [-0.2, -0.15) is 0 Å². The highest BCUT2D eigenvalue weighted by Gasteiger charge is 2.15. The summed E-state index contributed by atoms with van der Waals surface area (Å²) < 4.78 is 13.4. The van der Waals surface area contributed by atoms with E-state index in [0.29, 0.717) is 11.3 Å². The van der Waals surface area contributed by atoms with Crippen molar-refractivity contribution in [3.05, 3.63) is 63.9 Å². The SMILES string of the molecule is CN(C(=O)c1ccc(F)c(Br)c1)c1ccc(C(=O)O)cc1. The van der Waals surface area contributed by atoms with Crippen LogP contribution in [0.15, 0.2) is 46.9 Å². The molecule has 1 amide bonds. The van der Waals surface area contributed by atoms with Gasteiger partial charge in [0.25, 0.3) is 5.91 Å². The summed E-state index contributed by atoms with van der Waals surface area (Å²) in [5, 5.41) is 8.84. The van der Waals surface area contributed by atoms with Gasteiger partial charge in [0.15, 0.2) is 0 Å². The molecule has 0 saturated heterocycles.